The number of rotatable bonds is 6. The lowest BCUT2D eigenvalue weighted by Crippen LogP contribution is -2.16. The van der Waals surface area contributed by atoms with Gasteiger partial charge in [0.05, 0.1) is 12.3 Å². The summed E-state index contributed by atoms with van der Waals surface area (Å²) in [5, 5.41) is 2.91. The molecule has 0 radical (unpaired) electrons. The van der Waals surface area contributed by atoms with Crippen molar-refractivity contribution >= 4 is 11.6 Å². The minimum Gasteiger partial charge on any atom is -0.492 e. The number of carbonyl (C=O) groups excluding carboxylic acids is 1. The van der Waals surface area contributed by atoms with Gasteiger partial charge in [0.15, 0.2) is 11.5 Å². The lowest BCUT2D eigenvalue weighted by Gasteiger charge is -2.18. The fourth-order valence-electron chi connectivity index (χ4n) is 2.57. The Kier molecular flexibility index (Phi) is 5.21. The van der Waals surface area contributed by atoms with Crippen molar-refractivity contribution in [2.24, 2.45) is 0 Å². The first-order valence-corrected chi connectivity index (χ1v) is 8.16. The topological polar surface area (TPSA) is 56.8 Å². The summed E-state index contributed by atoms with van der Waals surface area (Å²) in [6, 6.07) is 13.2. The molecule has 126 valence electrons. The van der Waals surface area contributed by atoms with E-state index in [4.69, 9.17) is 14.2 Å². The Morgan fingerprint density at radius 1 is 1.12 bits per heavy atom. The second kappa shape index (κ2) is 7.73. The number of aryl methyl sites for hydroxylation is 1. The molecule has 24 heavy (non-hydrogen) atoms. The third-order valence-corrected chi connectivity index (χ3v) is 3.71. The molecule has 1 heterocycles. The van der Waals surface area contributed by atoms with Crippen molar-refractivity contribution in [3.63, 3.8) is 0 Å². The SMILES string of the molecule is CCOc1ccccc1NC(=O)CCc1ccc2c(c1)OCCO2. The summed E-state index contributed by atoms with van der Waals surface area (Å²) >= 11 is 0. The monoisotopic (exact) mass is 327 g/mol. The molecule has 1 amide bonds. The zero-order chi connectivity index (χ0) is 16.8. The molecule has 2 aromatic rings. The van der Waals surface area contributed by atoms with Crippen molar-refractivity contribution in [2.75, 3.05) is 25.1 Å². The molecule has 0 spiro atoms. The van der Waals surface area contributed by atoms with Gasteiger partial charge >= 0.3 is 0 Å². The van der Waals surface area contributed by atoms with Gasteiger partial charge < -0.3 is 19.5 Å². The van der Waals surface area contributed by atoms with Crippen molar-refractivity contribution in [3.8, 4) is 17.2 Å². The van der Waals surface area contributed by atoms with Crippen LogP contribution in [0, 0.1) is 0 Å². The zero-order valence-electron chi connectivity index (χ0n) is 13.7. The van der Waals surface area contributed by atoms with Crippen LogP contribution in [0.4, 0.5) is 5.69 Å². The molecule has 0 saturated heterocycles. The molecule has 0 fully saturated rings. The van der Waals surface area contributed by atoms with E-state index in [2.05, 4.69) is 5.32 Å². The summed E-state index contributed by atoms with van der Waals surface area (Å²) in [4.78, 5) is 12.2. The molecule has 5 nitrogen and oxygen atoms in total. The molecule has 5 heteroatoms. The van der Waals surface area contributed by atoms with E-state index in [-0.39, 0.29) is 5.91 Å². The summed E-state index contributed by atoms with van der Waals surface area (Å²) in [6.45, 7) is 3.61. The highest BCUT2D eigenvalue weighted by Gasteiger charge is 2.13. The zero-order valence-corrected chi connectivity index (χ0v) is 13.7. The molecular formula is C19H21NO4. The lowest BCUT2D eigenvalue weighted by molar-refractivity contribution is -0.116. The van der Waals surface area contributed by atoms with Crippen LogP contribution in [-0.4, -0.2) is 25.7 Å². The number of carbonyl (C=O) groups is 1. The second-order valence-electron chi connectivity index (χ2n) is 5.46. The average Bonchev–Trinajstić information content (AvgIpc) is 2.62. The van der Waals surface area contributed by atoms with Crippen LogP contribution in [0.5, 0.6) is 17.2 Å². The van der Waals surface area contributed by atoms with Crippen molar-refractivity contribution in [3.05, 3.63) is 48.0 Å². The molecular weight excluding hydrogens is 306 g/mol. The smallest absolute Gasteiger partial charge is 0.224 e. The molecule has 1 aliphatic rings. The number of amides is 1. The molecule has 0 aliphatic carbocycles. The van der Waals surface area contributed by atoms with Gasteiger partial charge in [0, 0.05) is 6.42 Å². The summed E-state index contributed by atoms with van der Waals surface area (Å²) < 4.78 is 16.6. The average molecular weight is 327 g/mol. The molecule has 1 N–H and O–H groups in total. The molecule has 0 atom stereocenters. The van der Waals surface area contributed by atoms with E-state index in [1.165, 1.54) is 0 Å². The van der Waals surface area contributed by atoms with E-state index >= 15 is 0 Å². The van der Waals surface area contributed by atoms with Gasteiger partial charge in [-0.2, -0.15) is 0 Å². The predicted molar refractivity (Wildman–Crippen MR) is 92.0 cm³/mol. The van der Waals surface area contributed by atoms with Crippen LogP contribution < -0.4 is 19.5 Å². The first-order chi connectivity index (χ1) is 11.8. The van der Waals surface area contributed by atoms with Crippen molar-refractivity contribution < 1.29 is 19.0 Å². The largest absolute Gasteiger partial charge is 0.492 e. The van der Waals surface area contributed by atoms with Gasteiger partial charge in [0.2, 0.25) is 5.91 Å². The number of ether oxygens (including phenoxy) is 3. The Balaban J connectivity index is 1.58. The summed E-state index contributed by atoms with van der Waals surface area (Å²) in [5.74, 6) is 2.16. The lowest BCUT2D eigenvalue weighted by atomic mass is 10.1. The maximum absolute atomic E-state index is 12.2. The minimum atomic E-state index is -0.0444. The van der Waals surface area contributed by atoms with Crippen LogP contribution in [0.2, 0.25) is 0 Å². The van der Waals surface area contributed by atoms with Crippen molar-refractivity contribution in [1.29, 1.82) is 0 Å². The number of fused-ring (bicyclic) bond motifs is 1. The van der Waals surface area contributed by atoms with Gasteiger partial charge in [-0.25, -0.2) is 0 Å². The van der Waals surface area contributed by atoms with Gasteiger partial charge in [-0.3, -0.25) is 4.79 Å². The summed E-state index contributed by atoms with van der Waals surface area (Å²) in [7, 11) is 0. The quantitative estimate of drug-likeness (QED) is 0.883. The maximum Gasteiger partial charge on any atom is 0.224 e. The second-order valence-corrected chi connectivity index (χ2v) is 5.46. The van der Waals surface area contributed by atoms with Gasteiger partial charge in [-0.15, -0.1) is 0 Å². The Morgan fingerprint density at radius 2 is 1.92 bits per heavy atom. The molecule has 2 aromatic carbocycles. The minimum absolute atomic E-state index is 0.0444. The van der Waals surface area contributed by atoms with Crippen LogP contribution in [0.15, 0.2) is 42.5 Å². The van der Waals surface area contributed by atoms with Gasteiger partial charge in [-0.1, -0.05) is 18.2 Å². The Labute approximate surface area is 141 Å². The van der Waals surface area contributed by atoms with E-state index in [9.17, 15) is 4.79 Å². The normalized spacial score (nSPS) is 12.5. The summed E-state index contributed by atoms with van der Waals surface area (Å²) in [6.07, 6.45) is 1.03. The molecule has 0 unspecified atom stereocenters. The summed E-state index contributed by atoms with van der Waals surface area (Å²) in [5.41, 5.74) is 1.75. The van der Waals surface area contributed by atoms with Crippen LogP contribution in [0.1, 0.15) is 18.9 Å². The van der Waals surface area contributed by atoms with E-state index in [1.807, 2.05) is 49.4 Å². The molecule has 0 aromatic heterocycles. The number of anilines is 1. The number of hydrogen-bond donors (Lipinski definition) is 1. The van der Waals surface area contributed by atoms with E-state index in [1.54, 1.807) is 0 Å². The number of nitrogens with one attached hydrogen (secondary N) is 1. The Bertz CT molecular complexity index is 714. The maximum atomic E-state index is 12.2. The third kappa shape index (κ3) is 3.98. The molecule has 1 aliphatic heterocycles. The Hall–Kier alpha value is -2.69. The molecule has 0 saturated carbocycles. The standard InChI is InChI=1S/C19H21NO4/c1-2-22-16-6-4-3-5-15(16)20-19(21)10-8-14-7-9-17-18(13-14)24-12-11-23-17/h3-7,9,13H,2,8,10-12H2,1H3,(H,20,21). The number of hydrogen-bond acceptors (Lipinski definition) is 4. The number of para-hydroxylation sites is 2. The highest BCUT2D eigenvalue weighted by molar-refractivity contribution is 5.92. The van der Waals surface area contributed by atoms with Crippen LogP contribution in [0.25, 0.3) is 0 Å². The van der Waals surface area contributed by atoms with Crippen LogP contribution in [-0.2, 0) is 11.2 Å². The van der Waals surface area contributed by atoms with E-state index < -0.39 is 0 Å². The van der Waals surface area contributed by atoms with Gasteiger partial charge in [0.25, 0.3) is 0 Å². The van der Waals surface area contributed by atoms with Gasteiger partial charge in [0.1, 0.15) is 19.0 Å². The highest BCUT2D eigenvalue weighted by atomic mass is 16.6. The third-order valence-electron chi connectivity index (χ3n) is 3.71. The highest BCUT2D eigenvalue weighted by Crippen LogP contribution is 2.31. The first kappa shape index (κ1) is 16.2. The fraction of sp³-hybridized carbons (Fsp3) is 0.316. The number of benzene rings is 2. The fourth-order valence-corrected chi connectivity index (χ4v) is 2.57. The molecule has 3 rings (SSSR count). The van der Waals surface area contributed by atoms with Crippen LogP contribution >= 0.6 is 0 Å². The van der Waals surface area contributed by atoms with Gasteiger partial charge in [-0.05, 0) is 43.2 Å². The molecule has 0 bridgehead atoms. The van der Waals surface area contributed by atoms with E-state index in [0.29, 0.717) is 44.1 Å². The predicted octanol–water partition coefficient (Wildman–Crippen LogP) is 3.43. The van der Waals surface area contributed by atoms with Crippen molar-refractivity contribution in [2.45, 2.75) is 19.8 Å². The Morgan fingerprint density at radius 3 is 2.75 bits per heavy atom. The van der Waals surface area contributed by atoms with Crippen molar-refractivity contribution in [1.82, 2.24) is 0 Å². The van der Waals surface area contributed by atoms with E-state index in [0.717, 1.165) is 17.1 Å². The first-order valence-electron chi connectivity index (χ1n) is 8.16. The van der Waals surface area contributed by atoms with Crippen LogP contribution in [0.3, 0.4) is 0 Å².